The van der Waals surface area contributed by atoms with Gasteiger partial charge in [0.25, 0.3) is 0 Å². The van der Waals surface area contributed by atoms with Crippen LogP contribution in [0.15, 0.2) is 24.3 Å². The smallest absolute Gasteiger partial charge is 0.300 e. The first kappa shape index (κ1) is 9.82. The molecule has 0 aromatic heterocycles. The van der Waals surface area contributed by atoms with Gasteiger partial charge in [0.15, 0.2) is 0 Å². The van der Waals surface area contributed by atoms with Crippen molar-refractivity contribution in [2.75, 3.05) is 11.7 Å². The average molecular weight is 203 g/mol. The molecule has 0 bridgehead atoms. The van der Waals surface area contributed by atoms with Crippen molar-refractivity contribution >= 4 is 15.8 Å². The number of nitrogens with two attached hydrogens (primary N) is 1. The number of rotatable bonds is 3. The first-order valence-corrected chi connectivity index (χ1v) is 5.02. The Kier molecular flexibility index (Phi) is 2.74. The van der Waals surface area contributed by atoms with Crippen LogP contribution in [0.5, 0.6) is 5.75 Å². The van der Waals surface area contributed by atoms with Gasteiger partial charge in [-0.1, -0.05) is 6.07 Å². The lowest BCUT2D eigenvalue weighted by molar-refractivity contribution is 0.353. The van der Waals surface area contributed by atoms with E-state index in [-0.39, 0.29) is 0 Å². The Morgan fingerprint density at radius 2 is 2.15 bits per heavy atom. The fourth-order valence-corrected chi connectivity index (χ4v) is 1.03. The van der Waals surface area contributed by atoms with Gasteiger partial charge in [0.05, 0.1) is 0 Å². The van der Waals surface area contributed by atoms with Crippen molar-refractivity contribution in [2.24, 2.45) is 0 Å². The second-order valence-corrected chi connectivity index (χ2v) is 3.82. The highest BCUT2D eigenvalue weighted by atomic mass is 32.2. The van der Waals surface area contributed by atoms with Crippen LogP contribution in [0.2, 0.25) is 0 Å². The van der Waals surface area contributed by atoms with E-state index in [2.05, 4.69) is 0 Å². The molecule has 0 unspecified atom stereocenters. The van der Waals surface area contributed by atoms with Crippen molar-refractivity contribution in [2.45, 2.75) is 0 Å². The standard InChI is InChI=1S/C7H9NO4S/c8-6-2-1-3-7(4-6)12-5-13(9,10)11/h1-4H,5,8H2,(H,9,10,11). The van der Waals surface area contributed by atoms with Gasteiger partial charge in [-0.05, 0) is 12.1 Å². The summed E-state index contributed by atoms with van der Waals surface area (Å²) in [7, 11) is -4.10. The van der Waals surface area contributed by atoms with Gasteiger partial charge in [-0.25, -0.2) is 0 Å². The Balaban J connectivity index is 2.65. The summed E-state index contributed by atoms with van der Waals surface area (Å²) in [5.41, 5.74) is 5.87. The molecule has 0 aliphatic heterocycles. The zero-order valence-electron chi connectivity index (χ0n) is 6.67. The lowest BCUT2D eigenvalue weighted by Gasteiger charge is -2.03. The minimum atomic E-state index is -4.10. The Hall–Kier alpha value is -1.27. The molecule has 0 radical (unpaired) electrons. The lowest BCUT2D eigenvalue weighted by Crippen LogP contribution is -2.10. The normalized spacial score (nSPS) is 11.2. The SMILES string of the molecule is Nc1cccc(OCS(=O)(=O)O)c1. The summed E-state index contributed by atoms with van der Waals surface area (Å²) < 4.78 is 33.7. The Morgan fingerprint density at radius 3 is 2.69 bits per heavy atom. The molecule has 0 saturated carbocycles. The van der Waals surface area contributed by atoms with Gasteiger partial charge in [-0.15, -0.1) is 0 Å². The Morgan fingerprint density at radius 1 is 1.46 bits per heavy atom. The second-order valence-electron chi connectivity index (χ2n) is 2.42. The van der Waals surface area contributed by atoms with E-state index in [0.29, 0.717) is 11.4 Å². The van der Waals surface area contributed by atoms with Crippen molar-refractivity contribution < 1.29 is 17.7 Å². The number of hydrogen-bond acceptors (Lipinski definition) is 4. The molecule has 3 N–H and O–H groups in total. The number of benzene rings is 1. The fourth-order valence-electron chi connectivity index (χ4n) is 0.747. The van der Waals surface area contributed by atoms with Crippen LogP contribution in [0.3, 0.4) is 0 Å². The van der Waals surface area contributed by atoms with Crippen molar-refractivity contribution in [3.8, 4) is 5.75 Å². The largest absolute Gasteiger partial charge is 0.475 e. The van der Waals surface area contributed by atoms with Crippen LogP contribution in [-0.4, -0.2) is 18.9 Å². The number of hydrogen-bond donors (Lipinski definition) is 2. The van der Waals surface area contributed by atoms with Gasteiger partial charge in [-0.3, -0.25) is 4.55 Å². The van der Waals surface area contributed by atoms with E-state index in [9.17, 15) is 8.42 Å². The molecule has 0 aliphatic rings. The summed E-state index contributed by atoms with van der Waals surface area (Å²) in [5.74, 6) is -0.464. The van der Waals surface area contributed by atoms with E-state index in [1.807, 2.05) is 0 Å². The topological polar surface area (TPSA) is 89.6 Å². The maximum atomic E-state index is 10.3. The van der Waals surface area contributed by atoms with Crippen LogP contribution >= 0.6 is 0 Å². The van der Waals surface area contributed by atoms with Gasteiger partial charge in [-0.2, -0.15) is 8.42 Å². The van der Waals surface area contributed by atoms with Crippen molar-refractivity contribution in [3.63, 3.8) is 0 Å². The number of ether oxygens (including phenoxy) is 1. The maximum absolute atomic E-state index is 10.3. The van der Waals surface area contributed by atoms with Crippen LogP contribution in [0.4, 0.5) is 5.69 Å². The molecule has 0 saturated heterocycles. The fraction of sp³-hybridized carbons (Fsp3) is 0.143. The van der Waals surface area contributed by atoms with Crippen molar-refractivity contribution in [1.29, 1.82) is 0 Å². The molecule has 0 spiro atoms. The molecule has 0 aliphatic carbocycles. The first-order chi connectivity index (χ1) is 5.97. The average Bonchev–Trinajstić information content (AvgIpc) is 2.00. The molecule has 0 fully saturated rings. The van der Waals surface area contributed by atoms with Crippen LogP contribution in [0.25, 0.3) is 0 Å². The first-order valence-electron chi connectivity index (χ1n) is 3.41. The highest BCUT2D eigenvalue weighted by Gasteiger charge is 2.04. The third-order valence-electron chi connectivity index (χ3n) is 1.23. The van der Waals surface area contributed by atoms with E-state index < -0.39 is 16.1 Å². The van der Waals surface area contributed by atoms with E-state index in [1.54, 1.807) is 18.2 Å². The molecule has 0 amide bonds. The Labute approximate surface area is 75.9 Å². The molecule has 72 valence electrons. The molecule has 6 heteroatoms. The van der Waals surface area contributed by atoms with Crippen LogP contribution in [-0.2, 0) is 10.1 Å². The zero-order valence-corrected chi connectivity index (χ0v) is 7.49. The number of anilines is 1. The quantitative estimate of drug-likeness (QED) is 0.551. The summed E-state index contributed by atoms with van der Waals surface area (Å²) in [5, 5.41) is 0. The third kappa shape index (κ3) is 3.77. The maximum Gasteiger partial charge on any atom is 0.300 e. The molecule has 5 nitrogen and oxygen atoms in total. The second kappa shape index (κ2) is 3.63. The van der Waals surface area contributed by atoms with Gasteiger partial charge >= 0.3 is 10.1 Å². The monoisotopic (exact) mass is 203 g/mol. The highest BCUT2D eigenvalue weighted by Crippen LogP contribution is 2.14. The summed E-state index contributed by atoms with van der Waals surface area (Å²) >= 11 is 0. The van der Waals surface area contributed by atoms with Gasteiger partial charge in [0, 0.05) is 11.8 Å². The van der Waals surface area contributed by atoms with Crippen molar-refractivity contribution in [3.05, 3.63) is 24.3 Å². The highest BCUT2D eigenvalue weighted by molar-refractivity contribution is 7.85. The molecule has 1 aromatic rings. The van der Waals surface area contributed by atoms with E-state index in [0.717, 1.165) is 0 Å². The van der Waals surface area contributed by atoms with E-state index in [1.165, 1.54) is 6.07 Å². The third-order valence-corrected chi connectivity index (χ3v) is 1.65. The van der Waals surface area contributed by atoms with Gasteiger partial charge < -0.3 is 10.5 Å². The lowest BCUT2D eigenvalue weighted by atomic mass is 10.3. The van der Waals surface area contributed by atoms with E-state index >= 15 is 0 Å². The van der Waals surface area contributed by atoms with Crippen molar-refractivity contribution in [1.82, 2.24) is 0 Å². The Bertz CT molecular complexity index is 387. The van der Waals surface area contributed by atoms with Crippen LogP contribution < -0.4 is 10.5 Å². The summed E-state index contributed by atoms with van der Waals surface area (Å²) in [6.07, 6.45) is 0. The molecular weight excluding hydrogens is 194 g/mol. The molecule has 13 heavy (non-hydrogen) atoms. The van der Waals surface area contributed by atoms with Gasteiger partial charge in [0.2, 0.25) is 5.94 Å². The predicted molar refractivity (Wildman–Crippen MR) is 47.9 cm³/mol. The predicted octanol–water partition coefficient (Wildman–Crippen LogP) is 0.493. The zero-order chi connectivity index (χ0) is 9.90. The minimum Gasteiger partial charge on any atom is -0.475 e. The van der Waals surface area contributed by atoms with E-state index in [4.69, 9.17) is 15.0 Å². The van der Waals surface area contributed by atoms with Gasteiger partial charge in [0.1, 0.15) is 5.75 Å². The summed E-state index contributed by atoms with van der Waals surface area (Å²) in [4.78, 5) is 0. The summed E-state index contributed by atoms with van der Waals surface area (Å²) in [6, 6.07) is 6.27. The number of nitrogen functional groups attached to an aromatic ring is 1. The molecule has 1 rings (SSSR count). The molecule has 0 atom stereocenters. The minimum absolute atomic E-state index is 0.303. The molecule has 1 aromatic carbocycles. The van der Waals surface area contributed by atoms with Crippen LogP contribution in [0, 0.1) is 0 Å². The molecular formula is C7H9NO4S. The van der Waals surface area contributed by atoms with Crippen LogP contribution in [0.1, 0.15) is 0 Å². The molecule has 0 heterocycles. The summed E-state index contributed by atoms with van der Waals surface area (Å²) in [6.45, 7) is 0.